The highest BCUT2D eigenvalue weighted by Gasteiger charge is 2.55. The molecule has 3 heterocycles. The minimum atomic E-state index is -1.02. The highest BCUT2D eigenvalue weighted by molar-refractivity contribution is 6.31. The van der Waals surface area contributed by atoms with Crippen LogP contribution in [-0.4, -0.2) is 56.6 Å². The van der Waals surface area contributed by atoms with E-state index >= 15 is 0 Å². The lowest BCUT2D eigenvalue weighted by Crippen LogP contribution is -2.51. The molecule has 6 nitrogen and oxygen atoms in total. The van der Waals surface area contributed by atoms with Crippen LogP contribution in [0.4, 0.5) is 9.18 Å². The normalized spacial score (nSPS) is 21.8. The minimum Gasteiger partial charge on any atom is -0.316 e. The van der Waals surface area contributed by atoms with Crippen LogP contribution in [0, 0.1) is 5.82 Å². The quantitative estimate of drug-likeness (QED) is 0.457. The number of amides is 3. The molecule has 0 radical (unpaired) electrons. The SMILES string of the molecule is CCN1C(=O)N(N2CCCCC2)C(=O)C1(C)Cc1cn(-c2ccc(F)cc2)c2ccc(Cl)cc12. The molecule has 3 aromatic rings. The number of piperidine rings is 1. The molecule has 1 atom stereocenters. The molecule has 0 spiro atoms. The number of hydrazine groups is 1. The van der Waals surface area contributed by atoms with Crippen molar-refractivity contribution in [2.45, 2.75) is 45.1 Å². The van der Waals surface area contributed by atoms with E-state index in [9.17, 15) is 14.0 Å². The Labute approximate surface area is 203 Å². The monoisotopic (exact) mass is 482 g/mol. The molecule has 0 saturated carbocycles. The average molecular weight is 483 g/mol. The molecule has 2 aliphatic heterocycles. The first-order chi connectivity index (χ1) is 16.3. The van der Waals surface area contributed by atoms with E-state index in [0.29, 0.717) is 31.1 Å². The zero-order chi connectivity index (χ0) is 24.0. The summed E-state index contributed by atoms with van der Waals surface area (Å²) in [5.74, 6) is -0.492. The zero-order valence-electron chi connectivity index (χ0n) is 19.4. The number of carbonyl (C=O) groups is 2. The summed E-state index contributed by atoms with van der Waals surface area (Å²) in [6, 6.07) is 11.7. The number of likely N-dealkylation sites (N-methyl/N-ethyl adjacent to an activating group) is 1. The summed E-state index contributed by atoms with van der Waals surface area (Å²) in [6.45, 7) is 5.62. The lowest BCUT2D eigenvalue weighted by atomic mass is 9.91. The molecule has 3 amide bonds. The topological polar surface area (TPSA) is 48.8 Å². The van der Waals surface area contributed by atoms with E-state index in [1.54, 1.807) is 17.0 Å². The first-order valence-corrected chi connectivity index (χ1v) is 12.2. The van der Waals surface area contributed by atoms with Gasteiger partial charge < -0.3 is 9.47 Å². The van der Waals surface area contributed by atoms with Crippen molar-refractivity contribution in [2.24, 2.45) is 0 Å². The Bertz CT molecular complexity index is 1250. The number of aromatic nitrogens is 1. The second-order valence-corrected chi connectivity index (χ2v) is 9.71. The molecule has 0 aliphatic carbocycles. The molecule has 5 rings (SSSR count). The zero-order valence-corrected chi connectivity index (χ0v) is 20.2. The van der Waals surface area contributed by atoms with Crippen LogP contribution in [0.3, 0.4) is 0 Å². The van der Waals surface area contributed by atoms with Crippen LogP contribution in [0.25, 0.3) is 16.6 Å². The highest BCUT2D eigenvalue weighted by Crippen LogP contribution is 2.37. The van der Waals surface area contributed by atoms with Crippen molar-refractivity contribution in [3.8, 4) is 5.69 Å². The van der Waals surface area contributed by atoms with E-state index in [0.717, 1.165) is 41.4 Å². The van der Waals surface area contributed by atoms with Crippen LogP contribution >= 0.6 is 11.6 Å². The molecule has 1 aromatic heterocycles. The molecular weight excluding hydrogens is 455 g/mol. The van der Waals surface area contributed by atoms with Gasteiger partial charge in [-0.15, -0.1) is 0 Å². The van der Waals surface area contributed by atoms with E-state index in [1.807, 2.05) is 47.8 Å². The summed E-state index contributed by atoms with van der Waals surface area (Å²) in [5.41, 5.74) is 1.60. The number of nitrogens with zero attached hydrogens (tertiary/aromatic N) is 4. The molecule has 1 unspecified atom stereocenters. The molecule has 2 aliphatic rings. The lowest BCUT2D eigenvalue weighted by molar-refractivity contribution is -0.144. The summed E-state index contributed by atoms with van der Waals surface area (Å²) in [4.78, 5) is 28.8. The Hall–Kier alpha value is -2.90. The van der Waals surface area contributed by atoms with E-state index in [4.69, 9.17) is 11.6 Å². The second-order valence-electron chi connectivity index (χ2n) is 9.27. The average Bonchev–Trinajstić information content (AvgIpc) is 3.26. The van der Waals surface area contributed by atoms with Gasteiger partial charge in [-0.25, -0.2) is 14.2 Å². The van der Waals surface area contributed by atoms with Crippen LogP contribution < -0.4 is 0 Å². The van der Waals surface area contributed by atoms with Gasteiger partial charge in [0.15, 0.2) is 0 Å². The maximum absolute atomic E-state index is 13.8. The fraction of sp³-hybridized carbons (Fsp3) is 0.385. The number of halogens is 2. The summed E-state index contributed by atoms with van der Waals surface area (Å²) < 4.78 is 15.5. The van der Waals surface area contributed by atoms with Gasteiger partial charge in [0.05, 0.1) is 5.52 Å². The lowest BCUT2D eigenvalue weighted by Gasteiger charge is -2.32. The third kappa shape index (κ3) is 3.67. The summed E-state index contributed by atoms with van der Waals surface area (Å²) in [6.07, 6.45) is 5.38. The van der Waals surface area contributed by atoms with Crippen molar-refractivity contribution in [2.75, 3.05) is 19.6 Å². The molecule has 178 valence electrons. The largest absolute Gasteiger partial charge is 0.342 e. The molecule has 34 heavy (non-hydrogen) atoms. The molecule has 2 saturated heterocycles. The standard InChI is InChI=1S/C26H28ClFN4O2/c1-3-31-25(34)32(29-13-5-4-6-14-29)24(33)26(31,2)16-18-17-30(21-10-8-20(28)9-11-21)23-12-7-19(27)15-22(18)23/h7-12,15,17H,3-6,13-14,16H2,1-2H3. The van der Waals surface area contributed by atoms with Crippen LogP contribution in [0.1, 0.15) is 38.7 Å². The van der Waals surface area contributed by atoms with Crippen LogP contribution in [-0.2, 0) is 11.2 Å². The van der Waals surface area contributed by atoms with Crippen molar-refractivity contribution in [3.63, 3.8) is 0 Å². The summed E-state index contributed by atoms with van der Waals surface area (Å²) in [5, 5.41) is 4.77. The Balaban J connectivity index is 1.57. The molecule has 0 bridgehead atoms. The van der Waals surface area contributed by atoms with E-state index in [1.165, 1.54) is 17.1 Å². The number of rotatable bonds is 5. The van der Waals surface area contributed by atoms with Crippen molar-refractivity contribution >= 4 is 34.4 Å². The molecule has 2 fully saturated rings. The van der Waals surface area contributed by atoms with Crippen LogP contribution in [0.2, 0.25) is 5.02 Å². The summed E-state index contributed by atoms with van der Waals surface area (Å²) >= 11 is 6.35. The summed E-state index contributed by atoms with van der Waals surface area (Å²) in [7, 11) is 0. The van der Waals surface area contributed by atoms with E-state index < -0.39 is 5.54 Å². The fourth-order valence-electron chi connectivity index (χ4n) is 5.34. The number of urea groups is 1. The van der Waals surface area contributed by atoms with Crippen molar-refractivity contribution in [3.05, 3.63) is 65.1 Å². The van der Waals surface area contributed by atoms with E-state index in [-0.39, 0.29) is 17.8 Å². The molecular formula is C26H28ClFN4O2. The minimum absolute atomic E-state index is 0.189. The molecule has 8 heteroatoms. The number of hydrogen-bond acceptors (Lipinski definition) is 3. The Morgan fingerprint density at radius 2 is 1.74 bits per heavy atom. The third-order valence-corrected chi connectivity index (χ3v) is 7.32. The van der Waals surface area contributed by atoms with Gasteiger partial charge in [-0.1, -0.05) is 18.0 Å². The Kier molecular flexibility index (Phi) is 5.86. The van der Waals surface area contributed by atoms with Gasteiger partial charge >= 0.3 is 6.03 Å². The molecule has 0 N–H and O–H groups in total. The number of fused-ring (bicyclic) bond motifs is 1. The van der Waals surface area contributed by atoms with Gasteiger partial charge in [-0.05, 0) is 74.7 Å². The highest BCUT2D eigenvalue weighted by atomic mass is 35.5. The predicted octanol–water partition coefficient (Wildman–Crippen LogP) is 5.41. The number of carbonyl (C=O) groups excluding carboxylic acids is 2. The van der Waals surface area contributed by atoms with Crippen LogP contribution in [0.15, 0.2) is 48.7 Å². The maximum atomic E-state index is 13.8. The Morgan fingerprint density at radius 3 is 2.41 bits per heavy atom. The van der Waals surface area contributed by atoms with Gasteiger partial charge in [0.2, 0.25) is 0 Å². The number of imide groups is 1. The van der Waals surface area contributed by atoms with Gasteiger partial charge in [-0.2, -0.15) is 5.01 Å². The van der Waals surface area contributed by atoms with Crippen molar-refractivity contribution < 1.29 is 14.0 Å². The Morgan fingerprint density at radius 1 is 1.03 bits per heavy atom. The first-order valence-electron chi connectivity index (χ1n) is 11.8. The molecule has 2 aromatic carbocycles. The van der Waals surface area contributed by atoms with Crippen LogP contribution in [0.5, 0.6) is 0 Å². The van der Waals surface area contributed by atoms with Crippen molar-refractivity contribution in [1.82, 2.24) is 19.5 Å². The van der Waals surface area contributed by atoms with Gasteiger partial charge in [-0.3, -0.25) is 4.79 Å². The first kappa shape index (κ1) is 22.9. The van der Waals surface area contributed by atoms with Gasteiger partial charge in [0.25, 0.3) is 5.91 Å². The third-order valence-electron chi connectivity index (χ3n) is 7.08. The second kappa shape index (κ2) is 8.71. The smallest absolute Gasteiger partial charge is 0.316 e. The van der Waals surface area contributed by atoms with Gasteiger partial charge in [0.1, 0.15) is 11.4 Å². The van der Waals surface area contributed by atoms with Gasteiger partial charge in [0, 0.05) is 48.3 Å². The number of benzene rings is 2. The predicted molar refractivity (Wildman–Crippen MR) is 130 cm³/mol. The van der Waals surface area contributed by atoms with Crippen molar-refractivity contribution in [1.29, 1.82) is 0 Å². The number of hydrogen-bond donors (Lipinski definition) is 0. The maximum Gasteiger partial charge on any atom is 0.342 e. The van der Waals surface area contributed by atoms with E-state index in [2.05, 4.69) is 0 Å². The fourth-order valence-corrected chi connectivity index (χ4v) is 5.51.